The Bertz CT molecular complexity index is 555. The van der Waals surface area contributed by atoms with E-state index < -0.39 is 9.84 Å². The fraction of sp³-hybridized carbons (Fsp3) is 0.600. The summed E-state index contributed by atoms with van der Waals surface area (Å²) in [5.74, 6) is 0.177. The highest BCUT2D eigenvalue weighted by Crippen LogP contribution is 2.38. The molecule has 3 rings (SSSR count). The Labute approximate surface area is 93.4 Å². The molecule has 0 radical (unpaired) electrons. The van der Waals surface area contributed by atoms with E-state index in [1.54, 1.807) is 4.68 Å². The number of aldehydes is 1. The third-order valence-electron chi connectivity index (χ3n) is 3.17. The van der Waals surface area contributed by atoms with Crippen LogP contribution >= 0.6 is 0 Å². The van der Waals surface area contributed by atoms with E-state index in [1.165, 1.54) is 0 Å². The lowest BCUT2D eigenvalue weighted by atomic mass is 10.1. The third-order valence-corrected chi connectivity index (χ3v) is 4.71. The Kier molecular flexibility index (Phi) is 1.98. The summed E-state index contributed by atoms with van der Waals surface area (Å²) in [4.78, 5) is 10.9. The zero-order valence-corrected chi connectivity index (χ0v) is 9.53. The van der Waals surface area contributed by atoms with E-state index in [9.17, 15) is 13.2 Å². The topological polar surface area (TPSA) is 69.0 Å². The molecule has 1 fully saturated rings. The molecule has 0 saturated heterocycles. The number of hydrogen-bond donors (Lipinski definition) is 0. The van der Waals surface area contributed by atoms with Crippen LogP contribution in [-0.4, -0.2) is 30.2 Å². The molecule has 0 N–H and O–H groups in total. The van der Waals surface area contributed by atoms with Crippen LogP contribution in [0.15, 0.2) is 0 Å². The molecule has 5 nitrogen and oxygen atoms in total. The first kappa shape index (κ1) is 10.0. The lowest BCUT2D eigenvalue weighted by molar-refractivity contribution is 0.111. The van der Waals surface area contributed by atoms with Gasteiger partial charge in [-0.15, -0.1) is 0 Å². The standard InChI is InChI=1S/C10H12N2O3S/c13-5-9-8-3-4-16(14,15)6-10(8)12(11-9)7-1-2-7/h5,7H,1-4,6H2. The van der Waals surface area contributed by atoms with Crippen LogP contribution in [0.1, 0.15) is 40.6 Å². The van der Waals surface area contributed by atoms with Gasteiger partial charge < -0.3 is 0 Å². The number of rotatable bonds is 2. The van der Waals surface area contributed by atoms with Crippen molar-refractivity contribution in [2.75, 3.05) is 5.75 Å². The molecule has 1 aliphatic carbocycles. The van der Waals surface area contributed by atoms with E-state index in [2.05, 4.69) is 5.10 Å². The third kappa shape index (κ3) is 1.48. The number of nitrogens with zero attached hydrogens (tertiary/aromatic N) is 2. The summed E-state index contributed by atoms with van der Waals surface area (Å²) in [6.07, 6.45) is 3.23. The van der Waals surface area contributed by atoms with Gasteiger partial charge >= 0.3 is 0 Å². The zero-order chi connectivity index (χ0) is 11.3. The summed E-state index contributed by atoms with van der Waals surface area (Å²) >= 11 is 0. The van der Waals surface area contributed by atoms with Crippen LogP contribution in [0.5, 0.6) is 0 Å². The van der Waals surface area contributed by atoms with Gasteiger partial charge in [0.05, 0.1) is 23.2 Å². The van der Waals surface area contributed by atoms with E-state index in [1.807, 2.05) is 0 Å². The zero-order valence-electron chi connectivity index (χ0n) is 8.72. The maximum atomic E-state index is 11.6. The smallest absolute Gasteiger partial charge is 0.170 e. The monoisotopic (exact) mass is 240 g/mol. The highest BCUT2D eigenvalue weighted by molar-refractivity contribution is 7.90. The average molecular weight is 240 g/mol. The largest absolute Gasteiger partial charge is 0.296 e. The molecule has 1 aromatic rings. The van der Waals surface area contributed by atoms with Crippen molar-refractivity contribution < 1.29 is 13.2 Å². The molecule has 1 aliphatic heterocycles. The first-order valence-electron chi connectivity index (χ1n) is 5.36. The van der Waals surface area contributed by atoms with Crippen LogP contribution in [0.4, 0.5) is 0 Å². The maximum absolute atomic E-state index is 11.6. The van der Waals surface area contributed by atoms with Crippen LogP contribution in [0.2, 0.25) is 0 Å². The van der Waals surface area contributed by atoms with Gasteiger partial charge in [0.25, 0.3) is 0 Å². The van der Waals surface area contributed by atoms with E-state index in [-0.39, 0.29) is 11.5 Å². The predicted octanol–water partition coefficient (Wildman–Crippen LogP) is 0.501. The quantitative estimate of drug-likeness (QED) is 0.706. The second kappa shape index (κ2) is 3.16. The molecular formula is C10H12N2O3S. The van der Waals surface area contributed by atoms with Crippen molar-refractivity contribution in [2.24, 2.45) is 0 Å². The molecule has 0 bridgehead atoms. The molecule has 1 saturated carbocycles. The van der Waals surface area contributed by atoms with Gasteiger partial charge in [0.1, 0.15) is 5.69 Å². The van der Waals surface area contributed by atoms with Crippen molar-refractivity contribution in [3.8, 4) is 0 Å². The van der Waals surface area contributed by atoms with Gasteiger partial charge in [-0.3, -0.25) is 9.48 Å². The molecule has 0 atom stereocenters. The van der Waals surface area contributed by atoms with Crippen molar-refractivity contribution in [1.29, 1.82) is 0 Å². The maximum Gasteiger partial charge on any atom is 0.170 e. The average Bonchev–Trinajstić information content (AvgIpc) is 3.00. The molecule has 86 valence electrons. The van der Waals surface area contributed by atoms with Gasteiger partial charge in [-0.1, -0.05) is 0 Å². The van der Waals surface area contributed by atoms with E-state index in [4.69, 9.17) is 0 Å². The minimum Gasteiger partial charge on any atom is -0.296 e. The molecule has 0 amide bonds. The summed E-state index contributed by atoms with van der Waals surface area (Å²) in [5.41, 5.74) is 2.02. The number of fused-ring (bicyclic) bond motifs is 1. The van der Waals surface area contributed by atoms with Crippen LogP contribution in [-0.2, 0) is 22.0 Å². The van der Waals surface area contributed by atoms with Gasteiger partial charge in [-0.05, 0) is 19.3 Å². The molecule has 0 spiro atoms. The summed E-state index contributed by atoms with van der Waals surface area (Å²) in [6.45, 7) is 0. The number of sulfone groups is 1. The van der Waals surface area contributed by atoms with E-state index in [0.29, 0.717) is 18.2 Å². The van der Waals surface area contributed by atoms with Crippen LogP contribution in [0.3, 0.4) is 0 Å². The lowest BCUT2D eigenvalue weighted by Crippen LogP contribution is -2.21. The Morgan fingerprint density at radius 2 is 2.12 bits per heavy atom. The van der Waals surface area contributed by atoms with Gasteiger partial charge in [-0.2, -0.15) is 5.10 Å². The Balaban J connectivity index is 2.15. The predicted molar refractivity (Wildman–Crippen MR) is 57.1 cm³/mol. The number of carbonyl (C=O) groups is 1. The highest BCUT2D eigenvalue weighted by Gasteiger charge is 2.34. The van der Waals surface area contributed by atoms with Crippen LogP contribution in [0, 0.1) is 0 Å². The summed E-state index contributed by atoms with van der Waals surface area (Å²) in [5, 5.41) is 4.22. The Morgan fingerprint density at radius 3 is 2.75 bits per heavy atom. The molecular weight excluding hydrogens is 228 g/mol. The number of hydrogen-bond acceptors (Lipinski definition) is 4. The van der Waals surface area contributed by atoms with Crippen molar-refractivity contribution in [3.63, 3.8) is 0 Å². The summed E-state index contributed by atoms with van der Waals surface area (Å²) in [6, 6.07) is 0.316. The lowest BCUT2D eigenvalue weighted by Gasteiger charge is -2.14. The fourth-order valence-corrected chi connectivity index (χ4v) is 3.58. The first-order valence-corrected chi connectivity index (χ1v) is 7.19. The Hall–Kier alpha value is -1.17. The number of carbonyl (C=O) groups excluding carboxylic acids is 1. The summed E-state index contributed by atoms with van der Waals surface area (Å²) < 4.78 is 24.9. The minimum atomic E-state index is -3.00. The Morgan fingerprint density at radius 1 is 1.38 bits per heavy atom. The second-order valence-electron chi connectivity index (χ2n) is 4.45. The molecule has 0 aromatic carbocycles. The molecule has 1 aromatic heterocycles. The van der Waals surface area contributed by atoms with Gasteiger partial charge in [0.2, 0.25) is 0 Å². The van der Waals surface area contributed by atoms with Gasteiger partial charge in [0, 0.05) is 5.56 Å². The molecule has 0 unspecified atom stereocenters. The van der Waals surface area contributed by atoms with Crippen molar-refractivity contribution in [3.05, 3.63) is 17.0 Å². The highest BCUT2D eigenvalue weighted by atomic mass is 32.2. The molecule has 2 aliphatic rings. The van der Waals surface area contributed by atoms with Gasteiger partial charge in [0.15, 0.2) is 16.1 Å². The number of aromatic nitrogens is 2. The fourth-order valence-electron chi connectivity index (χ4n) is 2.20. The normalized spacial score (nSPS) is 22.8. The van der Waals surface area contributed by atoms with E-state index in [0.717, 1.165) is 30.4 Å². The summed E-state index contributed by atoms with van der Waals surface area (Å²) in [7, 11) is -3.00. The molecule has 2 heterocycles. The van der Waals surface area contributed by atoms with E-state index >= 15 is 0 Å². The molecule has 6 heteroatoms. The second-order valence-corrected chi connectivity index (χ2v) is 6.63. The molecule has 16 heavy (non-hydrogen) atoms. The van der Waals surface area contributed by atoms with Crippen LogP contribution in [0.25, 0.3) is 0 Å². The first-order chi connectivity index (χ1) is 7.61. The van der Waals surface area contributed by atoms with Crippen molar-refractivity contribution in [1.82, 2.24) is 9.78 Å². The van der Waals surface area contributed by atoms with Gasteiger partial charge in [-0.25, -0.2) is 8.42 Å². The van der Waals surface area contributed by atoms with Crippen molar-refractivity contribution >= 4 is 16.1 Å². The van der Waals surface area contributed by atoms with Crippen LogP contribution < -0.4 is 0 Å². The van der Waals surface area contributed by atoms with Crippen molar-refractivity contribution in [2.45, 2.75) is 31.1 Å². The minimum absolute atomic E-state index is 0.0413. The SMILES string of the molecule is O=Cc1nn(C2CC2)c2c1CCS(=O)(=O)C2.